The minimum absolute atomic E-state index is 0.403. The quantitative estimate of drug-likeness (QED) is 0.922. The van der Waals surface area contributed by atoms with E-state index in [4.69, 9.17) is 17.3 Å². The van der Waals surface area contributed by atoms with Gasteiger partial charge in [0.25, 0.3) is 0 Å². The zero-order chi connectivity index (χ0) is 13.1. The Morgan fingerprint density at radius 1 is 1.33 bits per heavy atom. The van der Waals surface area contributed by atoms with E-state index in [2.05, 4.69) is 36.3 Å². The summed E-state index contributed by atoms with van der Waals surface area (Å²) in [6.07, 6.45) is 1.68. The lowest BCUT2D eigenvalue weighted by atomic mass is 10.0. The van der Waals surface area contributed by atoms with Crippen LogP contribution in [0.4, 0.5) is 0 Å². The number of nitrogens with zero attached hydrogens (tertiary/aromatic N) is 2. The van der Waals surface area contributed by atoms with Crippen LogP contribution < -0.4 is 5.73 Å². The third-order valence-corrected chi connectivity index (χ3v) is 3.65. The fourth-order valence-electron chi connectivity index (χ4n) is 1.84. The summed E-state index contributed by atoms with van der Waals surface area (Å²) in [6.45, 7) is 5.52. The summed E-state index contributed by atoms with van der Waals surface area (Å²) >= 11 is 5.98. The molecule has 4 heteroatoms. The number of aromatic nitrogens is 2. The van der Waals surface area contributed by atoms with E-state index in [1.165, 1.54) is 11.1 Å². The van der Waals surface area contributed by atoms with Gasteiger partial charge in [-0.2, -0.15) is 5.10 Å². The first-order valence-corrected chi connectivity index (χ1v) is 6.46. The maximum Gasteiger partial charge on any atom is 0.0815 e. The van der Waals surface area contributed by atoms with Gasteiger partial charge < -0.3 is 5.73 Å². The normalized spacial score (nSPS) is 12.7. The van der Waals surface area contributed by atoms with Gasteiger partial charge in [-0.1, -0.05) is 42.8 Å². The molecule has 0 spiro atoms. The highest BCUT2D eigenvalue weighted by Crippen LogP contribution is 2.17. The fourth-order valence-corrected chi connectivity index (χ4v) is 1.98. The van der Waals surface area contributed by atoms with Gasteiger partial charge in [0, 0.05) is 0 Å². The Labute approximate surface area is 113 Å². The Bertz CT molecular complexity index is 516. The molecule has 0 radical (unpaired) electrons. The zero-order valence-electron chi connectivity index (χ0n) is 10.7. The SMILES string of the molecule is Cc1c(Cl)cnn1Cc1ccc(C(C)CN)cc1. The van der Waals surface area contributed by atoms with Crippen molar-refractivity contribution in [2.75, 3.05) is 6.54 Å². The molecule has 0 saturated carbocycles. The minimum atomic E-state index is 0.403. The molecule has 2 aromatic rings. The van der Waals surface area contributed by atoms with Gasteiger partial charge in [0.2, 0.25) is 0 Å². The Morgan fingerprint density at radius 2 is 2.00 bits per heavy atom. The summed E-state index contributed by atoms with van der Waals surface area (Å²) in [5.74, 6) is 0.403. The van der Waals surface area contributed by atoms with Crippen molar-refractivity contribution in [1.82, 2.24) is 9.78 Å². The first kappa shape index (κ1) is 13.1. The van der Waals surface area contributed by atoms with Gasteiger partial charge in [-0.05, 0) is 30.5 Å². The standard InChI is InChI=1S/C14H18ClN3/c1-10(7-16)13-5-3-12(4-6-13)9-18-11(2)14(15)8-17-18/h3-6,8,10H,7,9,16H2,1-2H3. The topological polar surface area (TPSA) is 43.8 Å². The Kier molecular flexibility index (Phi) is 4.04. The second-order valence-corrected chi connectivity index (χ2v) is 5.02. The highest BCUT2D eigenvalue weighted by Gasteiger charge is 2.06. The van der Waals surface area contributed by atoms with Crippen LogP contribution in [0.25, 0.3) is 0 Å². The predicted octanol–water partition coefficient (Wildman–Crippen LogP) is 2.96. The summed E-state index contributed by atoms with van der Waals surface area (Å²) in [6, 6.07) is 8.51. The Morgan fingerprint density at radius 3 is 2.50 bits per heavy atom. The third kappa shape index (κ3) is 2.74. The van der Waals surface area contributed by atoms with E-state index in [1.54, 1.807) is 6.20 Å². The van der Waals surface area contributed by atoms with Gasteiger partial charge in [0.1, 0.15) is 0 Å². The maximum absolute atomic E-state index is 5.98. The highest BCUT2D eigenvalue weighted by molar-refractivity contribution is 6.31. The van der Waals surface area contributed by atoms with Crippen LogP contribution in [0.1, 0.15) is 29.7 Å². The van der Waals surface area contributed by atoms with Gasteiger partial charge in [-0.25, -0.2) is 0 Å². The first-order valence-electron chi connectivity index (χ1n) is 6.08. The molecule has 0 fully saturated rings. The molecule has 0 aliphatic rings. The average Bonchev–Trinajstić information content (AvgIpc) is 2.71. The Balaban J connectivity index is 2.13. The van der Waals surface area contributed by atoms with Gasteiger partial charge in [-0.15, -0.1) is 0 Å². The molecular formula is C14H18ClN3. The van der Waals surface area contributed by atoms with Crippen molar-refractivity contribution >= 4 is 11.6 Å². The maximum atomic E-state index is 5.98. The second-order valence-electron chi connectivity index (χ2n) is 4.61. The van der Waals surface area contributed by atoms with Crippen LogP contribution >= 0.6 is 11.6 Å². The van der Waals surface area contributed by atoms with E-state index in [-0.39, 0.29) is 0 Å². The van der Waals surface area contributed by atoms with E-state index in [0.29, 0.717) is 17.5 Å². The van der Waals surface area contributed by atoms with Crippen molar-refractivity contribution in [2.24, 2.45) is 5.73 Å². The summed E-state index contributed by atoms with van der Waals surface area (Å²) in [5, 5.41) is 4.96. The second kappa shape index (κ2) is 5.55. The van der Waals surface area contributed by atoms with Crippen LogP contribution in [-0.4, -0.2) is 16.3 Å². The molecule has 0 bridgehead atoms. The van der Waals surface area contributed by atoms with Gasteiger partial charge in [-0.3, -0.25) is 4.68 Å². The van der Waals surface area contributed by atoms with E-state index < -0.39 is 0 Å². The number of hydrogen-bond acceptors (Lipinski definition) is 2. The smallest absolute Gasteiger partial charge is 0.0815 e. The van der Waals surface area contributed by atoms with Crippen molar-refractivity contribution < 1.29 is 0 Å². The molecule has 1 aromatic carbocycles. The molecule has 2 N–H and O–H groups in total. The third-order valence-electron chi connectivity index (χ3n) is 3.28. The number of halogens is 1. The largest absolute Gasteiger partial charge is 0.330 e. The zero-order valence-corrected chi connectivity index (χ0v) is 11.5. The van der Waals surface area contributed by atoms with Crippen LogP contribution in [0.3, 0.4) is 0 Å². The fraction of sp³-hybridized carbons (Fsp3) is 0.357. The Hall–Kier alpha value is -1.32. The summed E-state index contributed by atoms with van der Waals surface area (Å²) in [4.78, 5) is 0. The van der Waals surface area contributed by atoms with E-state index in [0.717, 1.165) is 12.2 Å². The molecular weight excluding hydrogens is 246 g/mol. The molecule has 1 aromatic heterocycles. The molecule has 96 valence electrons. The molecule has 0 saturated heterocycles. The van der Waals surface area contributed by atoms with Crippen molar-refractivity contribution in [3.8, 4) is 0 Å². The molecule has 3 nitrogen and oxygen atoms in total. The van der Waals surface area contributed by atoms with Gasteiger partial charge in [0.05, 0.1) is 23.5 Å². The monoisotopic (exact) mass is 263 g/mol. The minimum Gasteiger partial charge on any atom is -0.330 e. The average molecular weight is 264 g/mol. The van der Waals surface area contributed by atoms with Crippen molar-refractivity contribution in [2.45, 2.75) is 26.3 Å². The molecule has 1 heterocycles. The van der Waals surface area contributed by atoms with Crippen molar-refractivity contribution in [1.29, 1.82) is 0 Å². The summed E-state index contributed by atoms with van der Waals surface area (Å²) in [7, 11) is 0. The van der Waals surface area contributed by atoms with Crippen molar-refractivity contribution in [3.63, 3.8) is 0 Å². The molecule has 2 rings (SSSR count). The number of rotatable bonds is 4. The lowest BCUT2D eigenvalue weighted by Crippen LogP contribution is -2.09. The van der Waals surface area contributed by atoms with Crippen LogP contribution in [0, 0.1) is 6.92 Å². The lowest BCUT2D eigenvalue weighted by molar-refractivity contribution is 0.664. The number of hydrogen-bond donors (Lipinski definition) is 1. The van der Waals surface area contributed by atoms with Crippen LogP contribution in [0.5, 0.6) is 0 Å². The summed E-state index contributed by atoms with van der Waals surface area (Å²) in [5.41, 5.74) is 9.14. The molecule has 0 aliphatic heterocycles. The molecule has 1 unspecified atom stereocenters. The van der Waals surface area contributed by atoms with Crippen molar-refractivity contribution in [3.05, 3.63) is 52.3 Å². The number of benzene rings is 1. The van der Waals surface area contributed by atoms with Gasteiger partial charge >= 0.3 is 0 Å². The molecule has 18 heavy (non-hydrogen) atoms. The van der Waals surface area contributed by atoms with Crippen LogP contribution in [-0.2, 0) is 6.54 Å². The molecule has 0 amide bonds. The van der Waals surface area contributed by atoms with E-state index >= 15 is 0 Å². The predicted molar refractivity (Wildman–Crippen MR) is 75.0 cm³/mol. The first-order chi connectivity index (χ1) is 8.61. The highest BCUT2D eigenvalue weighted by atomic mass is 35.5. The lowest BCUT2D eigenvalue weighted by Gasteiger charge is -2.10. The molecule has 0 aliphatic carbocycles. The van der Waals surface area contributed by atoms with Crippen LogP contribution in [0.2, 0.25) is 5.02 Å². The van der Waals surface area contributed by atoms with E-state index in [1.807, 2.05) is 11.6 Å². The van der Waals surface area contributed by atoms with Crippen LogP contribution in [0.15, 0.2) is 30.5 Å². The number of nitrogens with two attached hydrogens (primary N) is 1. The summed E-state index contributed by atoms with van der Waals surface area (Å²) < 4.78 is 1.91. The van der Waals surface area contributed by atoms with E-state index in [9.17, 15) is 0 Å². The molecule has 1 atom stereocenters. The van der Waals surface area contributed by atoms with Gasteiger partial charge in [0.15, 0.2) is 0 Å².